The molecule has 3 aromatic rings. The summed E-state index contributed by atoms with van der Waals surface area (Å²) in [6.45, 7) is 0. The Kier molecular flexibility index (Phi) is 4.18. The molecule has 1 aliphatic heterocycles. The quantitative estimate of drug-likeness (QED) is 0.687. The first-order valence-corrected chi connectivity index (χ1v) is 8.71. The molecule has 4 rings (SSSR count). The second-order valence-electron chi connectivity index (χ2n) is 5.73. The Morgan fingerprint density at radius 2 is 1.73 bits per heavy atom. The van der Waals surface area contributed by atoms with Crippen LogP contribution in [-0.4, -0.2) is 11.8 Å². The number of hydrogen-bond donors (Lipinski definition) is 2. The van der Waals surface area contributed by atoms with Crippen LogP contribution in [0.2, 0.25) is 0 Å². The number of carbonyl (C=O) groups is 2. The molecule has 1 aliphatic rings. The second-order valence-corrected chi connectivity index (χ2v) is 6.81. The van der Waals surface area contributed by atoms with E-state index in [4.69, 9.17) is 0 Å². The van der Waals surface area contributed by atoms with E-state index >= 15 is 0 Å². The number of benzene rings is 3. The molecule has 6 heteroatoms. The molecule has 4 nitrogen and oxygen atoms in total. The number of halogens is 1. The highest BCUT2D eigenvalue weighted by molar-refractivity contribution is 7.99. The number of para-hydroxylation sites is 1. The van der Waals surface area contributed by atoms with Crippen LogP contribution in [0.1, 0.15) is 20.7 Å². The summed E-state index contributed by atoms with van der Waals surface area (Å²) in [5.74, 6) is -1.13. The molecule has 2 amide bonds. The summed E-state index contributed by atoms with van der Waals surface area (Å²) in [7, 11) is 0. The highest BCUT2D eigenvalue weighted by Crippen LogP contribution is 2.39. The van der Waals surface area contributed by atoms with Crippen molar-refractivity contribution in [1.29, 1.82) is 0 Å². The van der Waals surface area contributed by atoms with Gasteiger partial charge in [-0.1, -0.05) is 30.0 Å². The van der Waals surface area contributed by atoms with E-state index in [1.54, 1.807) is 36.4 Å². The van der Waals surface area contributed by atoms with E-state index in [2.05, 4.69) is 10.6 Å². The van der Waals surface area contributed by atoms with Crippen molar-refractivity contribution in [3.8, 4) is 0 Å². The number of carbonyl (C=O) groups excluding carboxylic acids is 2. The van der Waals surface area contributed by atoms with Gasteiger partial charge < -0.3 is 10.6 Å². The summed E-state index contributed by atoms with van der Waals surface area (Å²) in [6.07, 6.45) is 0. The summed E-state index contributed by atoms with van der Waals surface area (Å²) in [5, 5.41) is 5.57. The molecular formula is C20H13FN2O2S. The normalized spacial score (nSPS) is 12.4. The van der Waals surface area contributed by atoms with Gasteiger partial charge >= 0.3 is 0 Å². The maximum Gasteiger partial charge on any atom is 0.256 e. The van der Waals surface area contributed by atoms with Crippen LogP contribution < -0.4 is 10.6 Å². The van der Waals surface area contributed by atoms with Crippen LogP contribution in [0.4, 0.5) is 15.8 Å². The van der Waals surface area contributed by atoms with Crippen molar-refractivity contribution in [2.75, 3.05) is 10.6 Å². The van der Waals surface area contributed by atoms with Gasteiger partial charge in [0.1, 0.15) is 5.82 Å². The standard InChI is InChI=1S/C20H13FN2O2S/c21-13-7-9-17-15(11-13)20(25)23-16-10-12(6-8-18(16)26-17)19(24)22-14-4-2-1-3-5-14/h1-11H,(H,22,24)(H,23,25). The van der Waals surface area contributed by atoms with Crippen LogP contribution in [-0.2, 0) is 0 Å². The van der Waals surface area contributed by atoms with Crippen molar-refractivity contribution >= 4 is 35.0 Å². The molecule has 128 valence electrons. The lowest BCUT2D eigenvalue weighted by Gasteiger charge is -2.09. The third-order valence-corrected chi connectivity index (χ3v) is 5.08. The molecule has 0 unspecified atom stereocenters. The van der Waals surface area contributed by atoms with Gasteiger partial charge in [-0.15, -0.1) is 0 Å². The predicted octanol–water partition coefficient (Wildman–Crippen LogP) is 4.79. The zero-order valence-corrected chi connectivity index (χ0v) is 14.3. The average Bonchev–Trinajstić information content (AvgIpc) is 2.78. The van der Waals surface area contributed by atoms with Gasteiger partial charge in [0.05, 0.1) is 11.3 Å². The van der Waals surface area contributed by atoms with E-state index in [1.807, 2.05) is 18.2 Å². The van der Waals surface area contributed by atoms with Gasteiger partial charge in [0.25, 0.3) is 11.8 Å². The molecule has 26 heavy (non-hydrogen) atoms. The fourth-order valence-electron chi connectivity index (χ4n) is 2.66. The van der Waals surface area contributed by atoms with Crippen molar-refractivity contribution in [1.82, 2.24) is 0 Å². The minimum atomic E-state index is -0.464. The summed E-state index contributed by atoms with van der Waals surface area (Å²) < 4.78 is 13.5. The monoisotopic (exact) mass is 364 g/mol. The first-order valence-electron chi connectivity index (χ1n) is 7.89. The molecule has 0 saturated heterocycles. The lowest BCUT2D eigenvalue weighted by Crippen LogP contribution is -2.14. The smallest absolute Gasteiger partial charge is 0.256 e. The lowest BCUT2D eigenvalue weighted by atomic mass is 10.1. The molecule has 0 aliphatic carbocycles. The number of nitrogens with one attached hydrogen (secondary N) is 2. The Morgan fingerprint density at radius 3 is 2.54 bits per heavy atom. The molecule has 1 heterocycles. The molecule has 3 aromatic carbocycles. The number of amides is 2. The Morgan fingerprint density at radius 1 is 0.962 bits per heavy atom. The number of anilines is 2. The van der Waals surface area contributed by atoms with Gasteiger partial charge in [0.2, 0.25) is 0 Å². The van der Waals surface area contributed by atoms with Crippen LogP contribution in [0.25, 0.3) is 0 Å². The van der Waals surface area contributed by atoms with Gasteiger partial charge in [0, 0.05) is 21.0 Å². The molecule has 0 aromatic heterocycles. The fourth-order valence-corrected chi connectivity index (χ4v) is 3.65. The van der Waals surface area contributed by atoms with Crippen molar-refractivity contribution in [3.05, 3.63) is 83.7 Å². The van der Waals surface area contributed by atoms with Crippen LogP contribution >= 0.6 is 11.8 Å². The SMILES string of the molecule is O=C(Nc1ccccc1)c1ccc2c(c1)NC(=O)c1cc(F)ccc1S2. The molecular weight excluding hydrogens is 351 g/mol. The fraction of sp³-hybridized carbons (Fsp3) is 0. The summed E-state index contributed by atoms with van der Waals surface area (Å²) >= 11 is 1.36. The number of hydrogen-bond acceptors (Lipinski definition) is 3. The molecule has 0 bridgehead atoms. The Bertz CT molecular complexity index is 1020. The topological polar surface area (TPSA) is 58.2 Å². The average molecular weight is 364 g/mol. The summed E-state index contributed by atoms with van der Waals surface area (Å²) in [5.41, 5.74) is 1.91. The maximum absolute atomic E-state index is 13.5. The van der Waals surface area contributed by atoms with Crippen LogP contribution in [0.3, 0.4) is 0 Å². The van der Waals surface area contributed by atoms with E-state index < -0.39 is 11.7 Å². The van der Waals surface area contributed by atoms with E-state index in [9.17, 15) is 14.0 Å². The minimum absolute atomic E-state index is 0.272. The summed E-state index contributed by atoms with van der Waals surface area (Å²) in [6, 6.07) is 18.3. The molecule has 0 fully saturated rings. The van der Waals surface area contributed by atoms with Crippen LogP contribution in [0.15, 0.2) is 76.5 Å². The Labute approximate surface area is 153 Å². The van der Waals surface area contributed by atoms with Gasteiger partial charge in [-0.25, -0.2) is 4.39 Å². The molecule has 2 N–H and O–H groups in total. The second kappa shape index (κ2) is 6.65. The van der Waals surface area contributed by atoms with Crippen molar-refractivity contribution in [2.24, 2.45) is 0 Å². The highest BCUT2D eigenvalue weighted by atomic mass is 32.2. The summed E-state index contributed by atoms with van der Waals surface area (Å²) in [4.78, 5) is 26.3. The zero-order valence-electron chi connectivity index (χ0n) is 13.5. The predicted molar refractivity (Wildman–Crippen MR) is 99.3 cm³/mol. The number of fused-ring (bicyclic) bond motifs is 2. The maximum atomic E-state index is 13.5. The van der Waals surface area contributed by atoms with E-state index in [-0.39, 0.29) is 11.5 Å². The molecule has 0 atom stereocenters. The minimum Gasteiger partial charge on any atom is -0.322 e. The Balaban J connectivity index is 1.64. The van der Waals surface area contributed by atoms with E-state index in [1.165, 1.54) is 23.9 Å². The van der Waals surface area contributed by atoms with E-state index in [0.29, 0.717) is 21.8 Å². The van der Waals surface area contributed by atoms with Crippen LogP contribution in [0, 0.1) is 5.82 Å². The first-order chi connectivity index (χ1) is 12.6. The lowest BCUT2D eigenvalue weighted by molar-refractivity contribution is 0.101. The molecule has 0 spiro atoms. The largest absolute Gasteiger partial charge is 0.322 e. The molecule has 0 saturated carbocycles. The van der Waals surface area contributed by atoms with Crippen molar-refractivity contribution < 1.29 is 14.0 Å². The highest BCUT2D eigenvalue weighted by Gasteiger charge is 2.21. The molecule has 0 radical (unpaired) electrons. The van der Waals surface area contributed by atoms with Gasteiger partial charge in [-0.05, 0) is 48.5 Å². The van der Waals surface area contributed by atoms with Crippen LogP contribution in [0.5, 0.6) is 0 Å². The van der Waals surface area contributed by atoms with Gasteiger partial charge in [0.15, 0.2) is 0 Å². The van der Waals surface area contributed by atoms with E-state index in [0.717, 1.165) is 4.90 Å². The number of rotatable bonds is 2. The van der Waals surface area contributed by atoms with Gasteiger partial charge in [-0.3, -0.25) is 9.59 Å². The van der Waals surface area contributed by atoms with Crippen molar-refractivity contribution in [2.45, 2.75) is 9.79 Å². The third kappa shape index (κ3) is 3.19. The first kappa shape index (κ1) is 16.4. The van der Waals surface area contributed by atoms with Crippen molar-refractivity contribution in [3.63, 3.8) is 0 Å². The zero-order chi connectivity index (χ0) is 18.1. The Hall–Kier alpha value is -3.12. The van der Waals surface area contributed by atoms with Gasteiger partial charge in [-0.2, -0.15) is 0 Å². The third-order valence-electron chi connectivity index (χ3n) is 3.93.